The molecule has 0 aromatic heterocycles. The third-order valence-electron chi connectivity index (χ3n) is 3.90. The smallest absolute Gasteiger partial charge is 0.123 e. The Morgan fingerprint density at radius 2 is 1.67 bits per heavy atom. The van der Waals surface area contributed by atoms with Crippen LogP contribution >= 0.6 is 0 Å². The zero-order valence-electron chi connectivity index (χ0n) is 13.3. The minimum atomic E-state index is -0.166. The van der Waals surface area contributed by atoms with Gasteiger partial charge in [0.1, 0.15) is 5.82 Å². The van der Waals surface area contributed by atoms with Crippen LogP contribution in [-0.2, 0) is 6.42 Å². The SMILES string of the molecule is CNC(Cc1ccc(C(C)C)cc1)c1cc(C)cc(F)c1. The predicted octanol–water partition coefficient (Wildman–Crippen LogP) is 4.76. The van der Waals surface area contributed by atoms with E-state index >= 15 is 0 Å². The van der Waals surface area contributed by atoms with Crippen molar-refractivity contribution < 1.29 is 4.39 Å². The number of aryl methyl sites for hydroxylation is 1. The van der Waals surface area contributed by atoms with E-state index < -0.39 is 0 Å². The van der Waals surface area contributed by atoms with E-state index in [0.29, 0.717) is 5.92 Å². The molecule has 1 nitrogen and oxygen atoms in total. The molecule has 0 aliphatic carbocycles. The third-order valence-corrected chi connectivity index (χ3v) is 3.90. The number of rotatable bonds is 5. The summed E-state index contributed by atoms with van der Waals surface area (Å²) < 4.78 is 13.6. The Morgan fingerprint density at radius 1 is 1.00 bits per heavy atom. The second kappa shape index (κ2) is 6.86. The molecule has 0 saturated heterocycles. The Balaban J connectivity index is 2.18. The third kappa shape index (κ3) is 4.15. The molecule has 2 aromatic rings. The molecule has 0 radical (unpaired) electrons. The Labute approximate surface area is 127 Å². The van der Waals surface area contributed by atoms with E-state index in [-0.39, 0.29) is 11.9 Å². The molecule has 0 bridgehead atoms. The van der Waals surface area contributed by atoms with Gasteiger partial charge in [-0.1, -0.05) is 44.2 Å². The van der Waals surface area contributed by atoms with Crippen LogP contribution in [0.3, 0.4) is 0 Å². The largest absolute Gasteiger partial charge is 0.313 e. The molecule has 1 atom stereocenters. The van der Waals surface area contributed by atoms with E-state index in [0.717, 1.165) is 17.5 Å². The lowest BCUT2D eigenvalue weighted by atomic mass is 9.95. The summed E-state index contributed by atoms with van der Waals surface area (Å²) in [5.74, 6) is 0.380. The van der Waals surface area contributed by atoms with Crippen molar-refractivity contribution in [3.63, 3.8) is 0 Å². The summed E-state index contributed by atoms with van der Waals surface area (Å²) in [7, 11) is 1.92. The fourth-order valence-corrected chi connectivity index (χ4v) is 2.63. The standard InChI is InChI=1S/C19H24FN/c1-13(2)16-7-5-15(6-8-16)11-19(21-4)17-9-14(3)10-18(20)12-17/h5-10,12-13,19,21H,11H2,1-4H3. The van der Waals surface area contributed by atoms with Crippen LogP contribution in [-0.4, -0.2) is 7.05 Å². The second-order valence-electron chi connectivity index (χ2n) is 6.00. The minimum Gasteiger partial charge on any atom is -0.313 e. The van der Waals surface area contributed by atoms with Gasteiger partial charge in [-0.2, -0.15) is 0 Å². The van der Waals surface area contributed by atoms with Gasteiger partial charge in [-0.15, -0.1) is 0 Å². The normalized spacial score (nSPS) is 12.7. The van der Waals surface area contributed by atoms with E-state index in [1.165, 1.54) is 11.1 Å². The van der Waals surface area contributed by atoms with Crippen molar-refractivity contribution in [2.24, 2.45) is 0 Å². The van der Waals surface area contributed by atoms with Crippen LogP contribution in [0.25, 0.3) is 0 Å². The van der Waals surface area contributed by atoms with Gasteiger partial charge < -0.3 is 5.32 Å². The summed E-state index contributed by atoms with van der Waals surface area (Å²) >= 11 is 0. The number of benzene rings is 2. The van der Waals surface area contributed by atoms with E-state index in [2.05, 4.69) is 43.4 Å². The zero-order chi connectivity index (χ0) is 15.4. The van der Waals surface area contributed by atoms with Crippen LogP contribution in [0.5, 0.6) is 0 Å². The Morgan fingerprint density at radius 3 is 2.19 bits per heavy atom. The highest BCUT2D eigenvalue weighted by Crippen LogP contribution is 2.22. The number of hydrogen-bond donors (Lipinski definition) is 1. The lowest BCUT2D eigenvalue weighted by Gasteiger charge is -2.18. The number of halogens is 1. The topological polar surface area (TPSA) is 12.0 Å². The molecule has 0 heterocycles. The van der Waals surface area contributed by atoms with Crippen molar-refractivity contribution in [1.29, 1.82) is 0 Å². The fraction of sp³-hybridized carbons (Fsp3) is 0.368. The van der Waals surface area contributed by atoms with Gasteiger partial charge in [0.05, 0.1) is 0 Å². The van der Waals surface area contributed by atoms with Crippen molar-refractivity contribution in [2.45, 2.75) is 39.2 Å². The van der Waals surface area contributed by atoms with E-state index in [9.17, 15) is 4.39 Å². The Hall–Kier alpha value is -1.67. The molecular formula is C19H24FN. The Kier molecular flexibility index (Phi) is 5.13. The van der Waals surface area contributed by atoms with Crippen molar-refractivity contribution in [3.8, 4) is 0 Å². The molecule has 0 saturated carbocycles. The van der Waals surface area contributed by atoms with Gasteiger partial charge in [-0.25, -0.2) is 4.39 Å². The zero-order valence-corrected chi connectivity index (χ0v) is 13.3. The van der Waals surface area contributed by atoms with E-state index in [1.54, 1.807) is 12.1 Å². The lowest BCUT2D eigenvalue weighted by molar-refractivity contribution is 0.576. The molecule has 0 amide bonds. The summed E-state index contributed by atoms with van der Waals surface area (Å²) in [6, 6.07) is 14.1. The van der Waals surface area contributed by atoms with Crippen molar-refractivity contribution in [3.05, 3.63) is 70.5 Å². The highest BCUT2D eigenvalue weighted by atomic mass is 19.1. The second-order valence-corrected chi connectivity index (χ2v) is 6.00. The quantitative estimate of drug-likeness (QED) is 0.835. The van der Waals surface area contributed by atoms with Crippen LogP contribution in [0.1, 0.15) is 48.1 Å². The minimum absolute atomic E-state index is 0.129. The summed E-state index contributed by atoms with van der Waals surface area (Å²) in [5, 5.41) is 3.29. The molecule has 2 rings (SSSR count). The highest BCUT2D eigenvalue weighted by Gasteiger charge is 2.12. The van der Waals surface area contributed by atoms with Gasteiger partial charge in [0.2, 0.25) is 0 Å². The van der Waals surface area contributed by atoms with Gasteiger partial charge in [0.15, 0.2) is 0 Å². The van der Waals surface area contributed by atoms with Crippen molar-refractivity contribution >= 4 is 0 Å². The fourth-order valence-electron chi connectivity index (χ4n) is 2.63. The molecule has 21 heavy (non-hydrogen) atoms. The molecule has 0 aliphatic rings. The molecule has 0 fully saturated rings. The maximum absolute atomic E-state index is 13.6. The van der Waals surface area contributed by atoms with Crippen LogP contribution in [0.4, 0.5) is 4.39 Å². The van der Waals surface area contributed by atoms with Gasteiger partial charge in [-0.3, -0.25) is 0 Å². The summed E-state index contributed by atoms with van der Waals surface area (Å²) in [6.07, 6.45) is 0.859. The Bertz CT molecular complexity index is 567. The molecule has 1 unspecified atom stereocenters. The summed E-state index contributed by atoms with van der Waals surface area (Å²) in [4.78, 5) is 0. The molecule has 2 heteroatoms. The van der Waals surface area contributed by atoms with E-state index in [4.69, 9.17) is 0 Å². The first-order valence-electron chi connectivity index (χ1n) is 7.52. The highest BCUT2D eigenvalue weighted by molar-refractivity contribution is 5.30. The van der Waals surface area contributed by atoms with Crippen molar-refractivity contribution in [1.82, 2.24) is 5.32 Å². The average molecular weight is 285 g/mol. The number of likely N-dealkylation sites (N-methyl/N-ethyl adjacent to an activating group) is 1. The first-order chi connectivity index (χ1) is 9.99. The molecule has 112 valence electrons. The van der Waals surface area contributed by atoms with Gasteiger partial charge in [0, 0.05) is 6.04 Å². The van der Waals surface area contributed by atoms with Gasteiger partial charge in [0.25, 0.3) is 0 Å². The maximum atomic E-state index is 13.6. The lowest BCUT2D eigenvalue weighted by Crippen LogP contribution is -2.19. The monoisotopic (exact) mass is 285 g/mol. The van der Waals surface area contributed by atoms with Crippen LogP contribution in [0, 0.1) is 12.7 Å². The van der Waals surface area contributed by atoms with Crippen LogP contribution < -0.4 is 5.32 Å². The molecule has 0 aliphatic heterocycles. The first-order valence-corrected chi connectivity index (χ1v) is 7.52. The summed E-state index contributed by atoms with van der Waals surface area (Å²) in [6.45, 7) is 6.32. The van der Waals surface area contributed by atoms with Crippen molar-refractivity contribution in [2.75, 3.05) is 7.05 Å². The molecule has 2 aromatic carbocycles. The maximum Gasteiger partial charge on any atom is 0.123 e. The number of nitrogens with one attached hydrogen (secondary N) is 1. The number of hydrogen-bond acceptors (Lipinski definition) is 1. The van der Waals surface area contributed by atoms with Gasteiger partial charge >= 0.3 is 0 Å². The first kappa shape index (κ1) is 15.7. The average Bonchev–Trinajstić information content (AvgIpc) is 2.44. The van der Waals surface area contributed by atoms with E-state index in [1.807, 2.05) is 20.0 Å². The predicted molar refractivity (Wildman–Crippen MR) is 87.2 cm³/mol. The molecule has 0 spiro atoms. The molecule has 1 N–H and O–H groups in total. The van der Waals surface area contributed by atoms with Crippen LogP contribution in [0.2, 0.25) is 0 Å². The molecular weight excluding hydrogens is 261 g/mol. The van der Waals surface area contributed by atoms with Gasteiger partial charge in [-0.05, 0) is 60.7 Å². The van der Waals surface area contributed by atoms with Crippen LogP contribution in [0.15, 0.2) is 42.5 Å². The summed E-state index contributed by atoms with van der Waals surface area (Å²) in [5.41, 5.74) is 4.57.